The van der Waals surface area contributed by atoms with Crippen LogP contribution in [0.2, 0.25) is 0 Å². The maximum Gasteiger partial charge on any atom is 0.264 e. The van der Waals surface area contributed by atoms with Gasteiger partial charge in [0.05, 0.1) is 12.9 Å². The van der Waals surface area contributed by atoms with Gasteiger partial charge in [-0.05, 0) is 18.8 Å². The minimum atomic E-state index is -3.37. The molecule has 0 aromatic rings. The van der Waals surface area contributed by atoms with E-state index in [1.807, 2.05) is 0 Å². The van der Waals surface area contributed by atoms with Crippen molar-refractivity contribution in [3.8, 4) is 0 Å². The fourth-order valence-corrected chi connectivity index (χ4v) is 2.26. The van der Waals surface area contributed by atoms with Gasteiger partial charge in [0.15, 0.2) is 0 Å². The molecule has 2 atom stereocenters. The Balaban J connectivity index is 2.45. The van der Waals surface area contributed by atoms with Crippen molar-refractivity contribution >= 4 is 16.4 Å². The van der Waals surface area contributed by atoms with Crippen LogP contribution in [0.3, 0.4) is 0 Å². The molecule has 4 nitrogen and oxygen atoms in total. The Hall–Kier alpha value is -0.420. The maximum atomic E-state index is 10.8. The molecule has 0 aliphatic heterocycles. The van der Waals surface area contributed by atoms with Crippen molar-refractivity contribution in [2.75, 3.05) is 12.9 Å². The van der Waals surface area contributed by atoms with Crippen LogP contribution < -0.4 is 0 Å². The van der Waals surface area contributed by atoms with Gasteiger partial charge < -0.3 is 4.79 Å². The number of rotatable bonds is 4. The molecule has 0 aromatic carbocycles. The van der Waals surface area contributed by atoms with Crippen LogP contribution in [-0.2, 0) is 19.1 Å². The lowest BCUT2D eigenvalue weighted by Crippen LogP contribution is -2.26. The summed E-state index contributed by atoms with van der Waals surface area (Å²) in [6, 6.07) is 0. The lowest BCUT2D eigenvalue weighted by atomic mass is 9.81. The minimum Gasteiger partial charge on any atom is -0.303 e. The van der Waals surface area contributed by atoms with Crippen LogP contribution in [-0.4, -0.2) is 27.6 Å². The summed E-state index contributed by atoms with van der Waals surface area (Å²) in [6.07, 6.45) is 5.82. The van der Waals surface area contributed by atoms with Gasteiger partial charge in [0.2, 0.25) is 0 Å². The molecule has 0 N–H and O–H groups in total. The first-order valence-corrected chi connectivity index (χ1v) is 6.64. The maximum absolute atomic E-state index is 10.8. The van der Waals surface area contributed by atoms with Crippen molar-refractivity contribution < 1.29 is 17.4 Å². The van der Waals surface area contributed by atoms with Gasteiger partial charge in [0.25, 0.3) is 10.1 Å². The third-order valence-corrected chi connectivity index (χ3v) is 3.20. The molecule has 1 rings (SSSR count). The average Bonchev–Trinajstić information content (AvgIpc) is 2.14. The highest BCUT2D eigenvalue weighted by Crippen LogP contribution is 2.28. The number of carbonyl (C=O) groups is 1. The number of aldehydes is 1. The number of hydrogen-bond acceptors (Lipinski definition) is 4. The van der Waals surface area contributed by atoms with Gasteiger partial charge in [0, 0.05) is 5.92 Å². The Labute approximate surface area is 84.8 Å². The molecule has 0 amide bonds. The van der Waals surface area contributed by atoms with Gasteiger partial charge >= 0.3 is 0 Å². The van der Waals surface area contributed by atoms with Crippen LogP contribution in [0.25, 0.3) is 0 Å². The van der Waals surface area contributed by atoms with Crippen molar-refractivity contribution in [3.63, 3.8) is 0 Å². The summed E-state index contributed by atoms with van der Waals surface area (Å²) in [5.41, 5.74) is 0. The van der Waals surface area contributed by atoms with E-state index in [1.165, 1.54) is 0 Å². The monoisotopic (exact) mass is 220 g/mol. The predicted octanol–water partition coefficient (Wildman–Crippen LogP) is 0.968. The van der Waals surface area contributed by atoms with E-state index in [4.69, 9.17) is 4.18 Å². The molecule has 14 heavy (non-hydrogen) atoms. The topological polar surface area (TPSA) is 60.4 Å². The average molecular weight is 220 g/mol. The van der Waals surface area contributed by atoms with E-state index >= 15 is 0 Å². The second kappa shape index (κ2) is 4.89. The van der Waals surface area contributed by atoms with E-state index in [-0.39, 0.29) is 18.4 Å². The van der Waals surface area contributed by atoms with Gasteiger partial charge in [-0.25, -0.2) is 0 Å². The molecule has 2 unspecified atom stereocenters. The summed E-state index contributed by atoms with van der Waals surface area (Å²) >= 11 is 0. The van der Waals surface area contributed by atoms with Crippen LogP contribution in [0.4, 0.5) is 0 Å². The molecule has 0 heterocycles. The largest absolute Gasteiger partial charge is 0.303 e. The fourth-order valence-electron chi connectivity index (χ4n) is 1.83. The first-order chi connectivity index (χ1) is 6.53. The first kappa shape index (κ1) is 11.7. The zero-order valence-corrected chi connectivity index (χ0v) is 9.13. The molecule has 82 valence electrons. The molecule has 1 saturated carbocycles. The Morgan fingerprint density at radius 2 is 2.00 bits per heavy atom. The third kappa shape index (κ3) is 3.75. The molecule has 0 radical (unpaired) electrons. The highest BCUT2D eigenvalue weighted by molar-refractivity contribution is 7.85. The van der Waals surface area contributed by atoms with Crippen LogP contribution in [0.5, 0.6) is 0 Å². The molecule has 1 fully saturated rings. The van der Waals surface area contributed by atoms with Crippen LogP contribution in [0.15, 0.2) is 0 Å². The summed E-state index contributed by atoms with van der Waals surface area (Å²) in [7, 11) is -3.37. The number of hydrogen-bond donors (Lipinski definition) is 0. The summed E-state index contributed by atoms with van der Waals surface area (Å²) < 4.78 is 26.2. The molecule has 0 bridgehead atoms. The van der Waals surface area contributed by atoms with Crippen LogP contribution in [0, 0.1) is 11.8 Å². The van der Waals surface area contributed by atoms with E-state index in [0.717, 1.165) is 38.2 Å². The molecular formula is C9H16O4S. The van der Waals surface area contributed by atoms with Crippen molar-refractivity contribution in [3.05, 3.63) is 0 Å². The van der Waals surface area contributed by atoms with Gasteiger partial charge in [0.1, 0.15) is 6.29 Å². The van der Waals surface area contributed by atoms with E-state index in [9.17, 15) is 13.2 Å². The SMILES string of the molecule is CS(=O)(=O)OCC1CCCCC1C=O. The second-order valence-corrected chi connectivity index (χ2v) is 5.48. The Morgan fingerprint density at radius 1 is 1.36 bits per heavy atom. The fraction of sp³-hybridized carbons (Fsp3) is 0.889. The zero-order chi connectivity index (χ0) is 10.6. The van der Waals surface area contributed by atoms with Gasteiger partial charge in [-0.3, -0.25) is 4.18 Å². The van der Waals surface area contributed by atoms with Crippen molar-refractivity contribution in [1.29, 1.82) is 0 Å². The van der Waals surface area contributed by atoms with Crippen molar-refractivity contribution in [2.24, 2.45) is 11.8 Å². The standard InChI is InChI=1S/C9H16O4S/c1-14(11,12)13-7-9-5-3-2-4-8(9)6-10/h6,8-9H,2-5,7H2,1H3. The van der Waals surface area contributed by atoms with Gasteiger partial charge in [-0.2, -0.15) is 8.42 Å². The molecule has 0 spiro atoms. The Kier molecular flexibility index (Phi) is 4.07. The van der Waals surface area contributed by atoms with Crippen molar-refractivity contribution in [1.82, 2.24) is 0 Å². The van der Waals surface area contributed by atoms with Gasteiger partial charge in [-0.1, -0.05) is 12.8 Å². The predicted molar refractivity (Wildman–Crippen MR) is 52.3 cm³/mol. The molecule has 0 saturated heterocycles. The molecular weight excluding hydrogens is 204 g/mol. The highest BCUT2D eigenvalue weighted by Gasteiger charge is 2.25. The molecule has 5 heteroatoms. The Morgan fingerprint density at radius 3 is 2.57 bits per heavy atom. The zero-order valence-electron chi connectivity index (χ0n) is 8.31. The van der Waals surface area contributed by atoms with Crippen molar-refractivity contribution in [2.45, 2.75) is 25.7 Å². The highest BCUT2D eigenvalue weighted by atomic mass is 32.2. The van der Waals surface area contributed by atoms with Crippen LogP contribution >= 0.6 is 0 Å². The summed E-state index contributed by atoms with van der Waals surface area (Å²) in [4.78, 5) is 10.7. The normalized spacial score (nSPS) is 28.6. The summed E-state index contributed by atoms with van der Waals surface area (Å²) in [5, 5.41) is 0. The van der Waals surface area contributed by atoms with Crippen LogP contribution in [0.1, 0.15) is 25.7 Å². The second-order valence-electron chi connectivity index (χ2n) is 3.83. The minimum absolute atomic E-state index is 0.0227. The molecule has 0 aromatic heterocycles. The van der Waals surface area contributed by atoms with E-state index in [1.54, 1.807) is 0 Å². The van der Waals surface area contributed by atoms with E-state index in [2.05, 4.69) is 0 Å². The van der Waals surface area contributed by atoms with E-state index < -0.39 is 10.1 Å². The first-order valence-electron chi connectivity index (χ1n) is 4.82. The smallest absolute Gasteiger partial charge is 0.264 e. The summed E-state index contributed by atoms with van der Waals surface area (Å²) in [5.74, 6) is 0.0569. The van der Waals surface area contributed by atoms with Gasteiger partial charge in [-0.15, -0.1) is 0 Å². The summed E-state index contributed by atoms with van der Waals surface area (Å²) in [6.45, 7) is 0.155. The number of carbonyl (C=O) groups excluding carboxylic acids is 1. The molecule has 1 aliphatic rings. The lowest BCUT2D eigenvalue weighted by Gasteiger charge is -2.26. The third-order valence-electron chi connectivity index (χ3n) is 2.64. The lowest BCUT2D eigenvalue weighted by molar-refractivity contribution is -0.113. The molecule has 1 aliphatic carbocycles. The van der Waals surface area contributed by atoms with E-state index in [0.29, 0.717) is 0 Å². The Bertz CT molecular complexity index is 283. The quantitative estimate of drug-likeness (QED) is 0.523.